The first-order valence-electron chi connectivity index (χ1n) is 5.40. The zero-order chi connectivity index (χ0) is 12.5. The number of nitrogens with two attached hydrogens (primary N) is 1. The lowest BCUT2D eigenvalue weighted by molar-refractivity contribution is -0.138. The highest BCUT2D eigenvalue weighted by molar-refractivity contribution is 7.15. The fourth-order valence-corrected chi connectivity index (χ4v) is 2.34. The molecule has 1 aliphatic rings. The van der Waals surface area contributed by atoms with Crippen LogP contribution in [0, 0.1) is 0 Å². The van der Waals surface area contributed by atoms with Gasteiger partial charge >= 0.3 is 6.18 Å². The van der Waals surface area contributed by atoms with Gasteiger partial charge in [0.2, 0.25) is 10.1 Å². The SMILES string of the molecule is NCCCN(c1nnc(C(F)(F)F)s1)C1CC1. The predicted octanol–water partition coefficient (Wildman–Crippen LogP) is 1.87. The Kier molecular flexibility index (Phi) is 3.53. The summed E-state index contributed by atoms with van der Waals surface area (Å²) in [4.78, 5) is 1.89. The van der Waals surface area contributed by atoms with Crippen molar-refractivity contribution in [2.24, 2.45) is 5.73 Å². The normalized spacial score (nSPS) is 16.2. The molecule has 8 heteroatoms. The number of hydrogen-bond donors (Lipinski definition) is 1. The van der Waals surface area contributed by atoms with E-state index in [1.807, 2.05) is 4.90 Å². The molecule has 0 radical (unpaired) electrons. The topological polar surface area (TPSA) is 55.0 Å². The smallest absolute Gasteiger partial charge is 0.344 e. The highest BCUT2D eigenvalue weighted by atomic mass is 32.1. The molecule has 96 valence electrons. The van der Waals surface area contributed by atoms with Gasteiger partial charge in [-0.2, -0.15) is 13.2 Å². The third-order valence-electron chi connectivity index (χ3n) is 2.49. The van der Waals surface area contributed by atoms with Gasteiger partial charge in [0.15, 0.2) is 0 Å². The Labute approximate surface area is 101 Å². The number of nitrogens with zero attached hydrogens (tertiary/aromatic N) is 3. The maximum absolute atomic E-state index is 12.4. The van der Waals surface area contributed by atoms with Gasteiger partial charge < -0.3 is 10.6 Å². The molecule has 17 heavy (non-hydrogen) atoms. The van der Waals surface area contributed by atoms with Crippen molar-refractivity contribution in [3.05, 3.63) is 5.01 Å². The van der Waals surface area contributed by atoms with Crippen LogP contribution in [0.1, 0.15) is 24.3 Å². The van der Waals surface area contributed by atoms with Gasteiger partial charge in [-0.3, -0.25) is 0 Å². The van der Waals surface area contributed by atoms with E-state index in [0.717, 1.165) is 19.3 Å². The van der Waals surface area contributed by atoms with E-state index in [9.17, 15) is 13.2 Å². The molecule has 1 aromatic rings. The summed E-state index contributed by atoms with van der Waals surface area (Å²) in [5.74, 6) is 0. The first-order chi connectivity index (χ1) is 8.02. The molecule has 1 saturated carbocycles. The summed E-state index contributed by atoms with van der Waals surface area (Å²) in [6, 6.07) is 0.315. The molecule has 0 atom stereocenters. The molecule has 0 amide bonds. The average molecular weight is 266 g/mol. The Balaban J connectivity index is 2.10. The van der Waals surface area contributed by atoms with E-state index in [1.54, 1.807) is 0 Å². The van der Waals surface area contributed by atoms with E-state index < -0.39 is 11.2 Å². The molecule has 0 unspecified atom stereocenters. The van der Waals surface area contributed by atoms with Crippen LogP contribution in [0.4, 0.5) is 18.3 Å². The summed E-state index contributed by atoms with van der Waals surface area (Å²) in [6.07, 6.45) is -1.65. The number of anilines is 1. The van der Waals surface area contributed by atoms with Crippen LogP contribution in [0.3, 0.4) is 0 Å². The van der Waals surface area contributed by atoms with E-state index in [4.69, 9.17) is 5.73 Å². The Morgan fingerprint density at radius 1 is 1.35 bits per heavy atom. The van der Waals surface area contributed by atoms with Gasteiger partial charge in [-0.25, -0.2) is 0 Å². The summed E-state index contributed by atoms with van der Waals surface area (Å²) in [6.45, 7) is 1.17. The van der Waals surface area contributed by atoms with Crippen LogP contribution < -0.4 is 10.6 Å². The zero-order valence-corrected chi connectivity index (χ0v) is 9.89. The van der Waals surface area contributed by atoms with E-state index in [-0.39, 0.29) is 0 Å². The second-order valence-corrected chi connectivity index (χ2v) is 4.91. The van der Waals surface area contributed by atoms with Crippen LogP contribution in [-0.4, -0.2) is 29.3 Å². The molecule has 1 fully saturated rings. The lowest BCUT2D eigenvalue weighted by atomic mass is 10.4. The van der Waals surface area contributed by atoms with Gasteiger partial charge in [0.05, 0.1) is 0 Å². The molecule has 0 saturated heterocycles. The fraction of sp³-hybridized carbons (Fsp3) is 0.778. The molecular weight excluding hydrogens is 253 g/mol. The van der Waals surface area contributed by atoms with Crippen molar-refractivity contribution < 1.29 is 13.2 Å². The van der Waals surface area contributed by atoms with Gasteiger partial charge in [0.25, 0.3) is 0 Å². The predicted molar refractivity (Wildman–Crippen MR) is 59.0 cm³/mol. The zero-order valence-electron chi connectivity index (χ0n) is 9.07. The molecule has 0 spiro atoms. The molecule has 0 aliphatic heterocycles. The summed E-state index contributed by atoms with van der Waals surface area (Å²) >= 11 is 0.605. The first-order valence-corrected chi connectivity index (χ1v) is 6.21. The van der Waals surface area contributed by atoms with Crippen LogP contribution in [0.15, 0.2) is 0 Å². The molecule has 2 rings (SSSR count). The quantitative estimate of drug-likeness (QED) is 0.884. The first kappa shape index (κ1) is 12.6. The molecule has 2 N–H and O–H groups in total. The lowest BCUT2D eigenvalue weighted by Gasteiger charge is -2.20. The monoisotopic (exact) mass is 266 g/mol. The van der Waals surface area contributed by atoms with Gasteiger partial charge in [-0.1, -0.05) is 11.3 Å². The minimum atomic E-state index is -4.40. The summed E-state index contributed by atoms with van der Waals surface area (Å²) < 4.78 is 37.2. The molecule has 0 aromatic carbocycles. The number of aromatic nitrogens is 2. The fourth-order valence-electron chi connectivity index (χ4n) is 1.53. The maximum Gasteiger partial charge on any atom is 0.445 e. The van der Waals surface area contributed by atoms with Crippen LogP contribution in [0.5, 0.6) is 0 Å². The molecule has 1 aromatic heterocycles. The number of alkyl halides is 3. The van der Waals surface area contributed by atoms with Crippen molar-refractivity contribution in [2.45, 2.75) is 31.5 Å². The summed E-state index contributed by atoms with van der Waals surface area (Å²) in [5, 5.41) is 6.30. The molecule has 0 bridgehead atoms. The van der Waals surface area contributed by atoms with Crippen molar-refractivity contribution >= 4 is 16.5 Å². The minimum absolute atomic E-state index is 0.315. The van der Waals surface area contributed by atoms with Gasteiger partial charge in [0, 0.05) is 12.6 Å². The Hall–Kier alpha value is -0.890. The number of rotatable bonds is 5. The number of halogens is 3. The standard InChI is InChI=1S/C9H13F3N4S/c10-9(11,12)7-14-15-8(17-7)16(5-1-4-13)6-2-3-6/h6H,1-5,13H2. The van der Waals surface area contributed by atoms with E-state index >= 15 is 0 Å². The van der Waals surface area contributed by atoms with Crippen molar-refractivity contribution in [1.29, 1.82) is 0 Å². The van der Waals surface area contributed by atoms with Gasteiger partial charge in [-0.15, -0.1) is 10.2 Å². The van der Waals surface area contributed by atoms with Gasteiger partial charge in [0.1, 0.15) is 0 Å². The molecular formula is C9H13F3N4S. The van der Waals surface area contributed by atoms with E-state index in [1.165, 1.54) is 0 Å². The number of hydrogen-bond acceptors (Lipinski definition) is 5. The highest BCUT2D eigenvalue weighted by Crippen LogP contribution is 2.38. The minimum Gasteiger partial charge on any atom is -0.344 e. The summed E-state index contributed by atoms with van der Waals surface area (Å²) in [7, 11) is 0. The van der Waals surface area contributed by atoms with Crippen molar-refractivity contribution in [2.75, 3.05) is 18.0 Å². The van der Waals surface area contributed by atoms with Crippen molar-refractivity contribution in [1.82, 2.24) is 10.2 Å². The third-order valence-corrected chi connectivity index (χ3v) is 3.50. The van der Waals surface area contributed by atoms with Crippen LogP contribution in [0.2, 0.25) is 0 Å². The molecule has 4 nitrogen and oxygen atoms in total. The molecule has 1 aliphatic carbocycles. The van der Waals surface area contributed by atoms with Gasteiger partial charge in [-0.05, 0) is 25.8 Å². The summed E-state index contributed by atoms with van der Waals surface area (Å²) in [5.41, 5.74) is 5.41. The molecule has 1 heterocycles. The Morgan fingerprint density at radius 3 is 2.53 bits per heavy atom. The maximum atomic E-state index is 12.4. The van der Waals surface area contributed by atoms with Crippen LogP contribution in [-0.2, 0) is 6.18 Å². The highest BCUT2D eigenvalue weighted by Gasteiger charge is 2.38. The Morgan fingerprint density at radius 2 is 2.06 bits per heavy atom. The van der Waals surface area contributed by atoms with E-state index in [2.05, 4.69) is 10.2 Å². The van der Waals surface area contributed by atoms with Crippen molar-refractivity contribution in [3.63, 3.8) is 0 Å². The van der Waals surface area contributed by atoms with E-state index in [0.29, 0.717) is 35.6 Å². The third kappa shape index (κ3) is 3.06. The largest absolute Gasteiger partial charge is 0.445 e. The second-order valence-electron chi connectivity index (χ2n) is 3.95. The lowest BCUT2D eigenvalue weighted by Crippen LogP contribution is -2.28. The second kappa shape index (κ2) is 4.77. The van der Waals surface area contributed by atoms with Crippen LogP contribution in [0.25, 0.3) is 0 Å². The van der Waals surface area contributed by atoms with Crippen LogP contribution >= 0.6 is 11.3 Å². The van der Waals surface area contributed by atoms with Crippen molar-refractivity contribution in [3.8, 4) is 0 Å². The Bertz CT molecular complexity index is 375. The average Bonchev–Trinajstić information content (AvgIpc) is 2.94.